The van der Waals surface area contributed by atoms with Gasteiger partial charge in [0.2, 0.25) is 10.0 Å². The molecule has 0 spiro atoms. The minimum absolute atomic E-state index is 0.0938. The van der Waals surface area contributed by atoms with Crippen LogP contribution in [0, 0.1) is 5.92 Å². The standard InChI is InChI=1S/C32H36N4O5S3/c1-3-16-35-18-15-24-27(20-35)43-31(28(24)30-33-25-9-5-6-10-26(25)42-30)34-29(37)21-11-13-23(14-12-21)44(39,40)36-17-7-8-22(19-36)32(38)41-4-2/h5-6,9-14,22H,3-4,7-8,15-20H2,1-2H3,(H,34,37). The van der Waals surface area contributed by atoms with Crippen molar-refractivity contribution in [1.29, 1.82) is 0 Å². The molecular formula is C32H36N4O5S3. The van der Waals surface area contributed by atoms with Gasteiger partial charge in [-0.05, 0) is 81.1 Å². The van der Waals surface area contributed by atoms with E-state index in [0.717, 1.165) is 58.3 Å². The van der Waals surface area contributed by atoms with E-state index in [0.29, 0.717) is 24.9 Å². The highest BCUT2D eigenvalue weighted by Gasteiger charge is 2.34. The molecule has 0 radical (unpaired) electrons. The van der Waals surface area contributed by atoms with Crippen molar-refractivity contribution in [3.05, 3.63) is 64.5 Å². The van der Waals surface area contributed by atoms with Gasteiger partial charge in [-0.3, -0.25) is 14.5 Å². The third kappa shape index (κ3) is 6.18. The van der Waals surface area contributed by atoms with Crippen LogP contribution in [0.3, 0.4) is 0 Å². The van der Waals surface area contributed by atoms with E-state index >= 15 is 0 Å². The van der Waals surface area contributed by atoms with Crippen molar-refractivity contribution in [3.63, 3.8) is 0 Å². The smallest absolute Gasteiger partial charge is 0.310 e. The maximum absolute atomic E-state index is 13.5. The number of carbonyl (C=O) groups excluding carboxylic acids is 2. The molecule has 1 saturated heterocycles. The molecule has 232 valence electrons. The lowest BCUT2D eigenvalue weighted by Gasteiger charge is -2.30. The highest BCUT2D eigenvalue weighted by Crippen LogP contribution is 2.46. The van der Waals surface area contributed by atoms with Crippen LogP contribution >= 0.6 is 22.7 Å². The van der Waals surface area contributed by atoms with Gasteiger partial charge in [-0.25, -0.2) is 13.4 Å². The Morgan fingerprint density at radius 3 is 2.61 bits per heavy atom. The van der Waals surface area contributed by atoms with Crippen LogP contribution in [0.2, 0.25) is 0 Å². The number of rotatable bonds is 9. The Hall–Kier alpha value is -3.16. The molecule has 2 aromatic heterocycles. The van der Waals surface area contributed by atoms with Crippen molar-refractivity contribution in [2.75, 3.05) is 38.1 Å². The van der Waals surface area contributed by atoms with Gasteiger partial charge in [0, 0.05) is 42.2 Å². The molecule has 4 aromatic rings. The van der Waals surface area contributed by atoms with Crippen LogP contribution in [0.1, 0.15) is 53.9 Å². The molecule has 6 rings (SSSR count). The van der Waals surface area contributed by atoms with E-state index < -0.39 is 15.9 Å². The number of hydrogen-bond donors (Lipinski definition) is 1. The summed E-state index contributed by atoms with van der Waals surface area (Å²) in [7, 11) is -3.83. The van der Waals surface area contributed by atoms with E-state index in [4.69, 9.17) is 9.72 Å². The number of ether oxygens (including phenoxy) is 1. The molecule has 1 N–H and O–H groups in total. The van der Waals surface area contributed by atoms with E-state index in [1.807, 2.05) is 18.2 Å². The summed E-state index contributed by atoms with van der Waals surface area (Å²) in [4.78, 5) is 34.5. The number of hydrogen-bond acceptors (Lipinski definition) is 9. The first kappa shape index (κ1) is 30.8. The van der Waals surface area contributed by atoms with Gasteiger partial charge in [-0.1, -0.05) is 19.1 Å². The summed E-state index contributed by atoms with van der Waals surface area (Å²) in [6.07, 6.45) is 3.17. The number of amides is 1. The van der Waals surface area contributed by atoms with Crippen LogP contribution in [0.15, 0.2) is 53.4 Å². The third-order valence-electron chi connectivity index (χ3n) is 8.17. The van der Waals surface area contributed by atoms with Crippen LogP contribution in [-0.4, -0.2) is 67.3 Å². The number of thiazole rings is 1. The van der Waals surface area contributed by atoms with Gasteiger partial charge in [0.25, 0.3) is 5.91 Å². The lowest BCUT2D eigenvalue weighted by atomic mass is 10.0. The Balaban J connectivity index is 1.24. The predicted octanol–water partition coefficient (Wildman–Crippen LogP) is 6.01. The zero-order valence-electron chi connectivity index (χ0n) is 24.9. The largest absolute Gasteiger partial charge is 0.466 e. The minimum Gasteiger partial charge on any atom is -0.466 e. The quantitative estimate of drug-likeness (QED) is 0.221. The van der Waals surface area contributed by atoms with E-state index in [1.165, 1.54) is 26.9 Å². The molecule has 1 atom stereocenters. The number of sulfonamides is 1. The maximum Gasteiger partial charge on any atom is 0.310 e. The Kier molecular flexibility index (Phi) is 9.16. The van der Waals surface area contributed by atoms with Gasteiger partial charge >= 0.3 is 5.97 Å². The molecule has 4 heterocycles. The van der Waals surface area contributed by atoms with Gasteiger partial charge in [-0.15, -0.1) is 22.7 Å². The second kappa shape index (κ2) is 13.1. The number of piperidine rings is 1. The molecular weight excluding hydrogens is 617 g/mol. The van der Waals surface area contributed by atoms with E-state index in [9.17, 15) is 18.0 Å². The van der Waals surface area contributed by atoms with Crippen molar-refractivity contribution in [3.8, 4) is 10.6 Å². The first-order valence-electron chi connectivity index (χ1n) is 15.1. The molecule has 1 unspecified atom stereocenters. The molecule has 12 heteroatoms. The molecule has 1 fully saturated rings. The summed E-state index contributed by atoms with van der Waals surface area (Å²) in [6, 6.07) is 14.1. The SMILES string of the molecule is CCCN1CCc2c(sc(NC(=O)c3ccc(S(=O)(=O)N4CCCC(C(=O)OCC)C4)cc3)c2-c2nc3ccccc3s2)C1. The highest BCUT2D eigenvalue weighted by atomic mass is 32.2. The average Bonchev–Trinajstić information content (AvgIpc) is 3.62. The number of esters is 1. The number of thiophene rings is 1. The zero-order chi connectivity index (χ0) is 30.8. The third-order valence-corrected chi connectivity index (χ3v) is 12.2. The fraction of sp³-hybridized carbons (Fsp3) is 0.406. The van der Waals surface area contributed by atoms with Crippen LogP contribution in [0.4, 0.5) is 5.00 Å². The molecule has 9 nitrogen and oxygen atoms in total. The van der Waals surface area contributed by atoms with Crippen LogP contribution in [-0.2, 0) is 32.5 Å². The monoisotopic (exact) mass is 652 g/mol. The Morgan fingerprint density at radius 1 is 1.07 bits per heavy atom. The number of anilines is 1. The lowest BCUT2D eigenvalue weighted by molar-refractivity contribution is -0.149. The molecule has 0 bridgehead atoms. The fourth-order valence-corrected chi connectivity index (χ4v) is 9.89. The zero-order valence-corrected chi connectivity index (χ0v) is 27.3. The Labute approximate surface area is 265 Å². The molecule has 44 heavy (non-hydrogen) atoms. The normalized spacial score (nSPS) is 17.8. The molecule has 2 aliphatic heterocycles. The minimum atomic E-state index is -3.83. The fourth-order valence-electron chi connectivity index (χ4n) is 5.97. The number of nitrogens with one attached hydrogen (secondary N) is 1. The predicted molar refractivity (Wildman–Crippen MR) is 175 cm³/mol. The first-order valence-corrected chi connectivity index (χ1v) is 18.2. The highest BCUT2D eigenvalue weighted by molar-refractivity contribution is 7.89. The number of para-hydroxylation sites is 1. The number of carbonyl (C=O) groups is 2. The summed E-state index contributed by atoms with van der Waals surface area (Å²) in [5, 5.41) is 4.81. The summed E-state index contributed by atoms with van der Waals surface area (Å²) < 4.78 is 34.4. The van der Waals surface area contributed by atoms with Gasteiger partial charge in [0.1, 0.15) is 10.0 Å². The summed E-state index contributed by atoms with van der Waals surface area (Å²) in [5.41, 5.74) is 3.55. The van der Waals surface area contributed by atoms with Crippen LogP contribution < -0.4 is 5.32 Å². The molecule has 1 amide bonds. The van der Waals surface area contributed by atoms with Crippen molar-refractivity contribution in [2.45, 2.75) is 51.0 Å². The maximum atomic E-state index is 13.5. The van der Waals surface area contributed by atoms with Crippen LogP contribution in [0.25, 0.3) is 20.8 Å². The second-order valence-corrected chi connectivity index (χ2v) is 15.2. The van der Waals surface area contributed by atoms with Crippen LogP contribution in [0.5, 0.6) is 0 Å². The van der Waals surface area contributed by atoms with E-state index in [1.54, 1.807) is 41.7 Å². The second-order valence-electron chi connectivity index (χ2n) is 11.2. The topological polar surface area (TPSA) is 109 Å². The van der Waals surface area contributed by atoms with Gasteiger partial charge in [-0.2, -0.15) is 4.31 Å². The van der Waals surface area contributed by atoms with Gasteiger partial charge in [0.15, 0.2) is 0 Å². The van der Waals surface area contributed by atoms with Crippen molar-refractivity contribution in [2.24, 2.45) is 5.92 Å². The molecule has 0 aliphatic carbocycles. The number of fused-ring (bicyclic) bond motifs is 2. The molecule has 0 saturated carbocycles. The lowest BCUT2D eigenvalue weighted by Crippen LogP contribution is -2.42. The van der Waals surface area contributed by atoms with Crippen molar-refractivity contribution >= 4 is 59.8 Å². The Bertz CT molecular complexity index is 1750. The average molecular weight is 653 g/mol. The van der Waals surface area contributed by atoms with E-state index in [2.05, 4.69) is 23.2 Å². The van der Waals surface area contributed by atoms with Crippen molar-refractivity contribution < 1.29 is 22.7 Å². The summed E-state index contributed by atoms with van der Waals surface area (Å²) in [6.45, 7) is 7.47. The van der Waals surface area contributed by atoms with Gasteiger partial charge in [0.05, 0.1) is 27.6 Å². The van der Waals surface area contributed by atoms with Crippen molar-refractivity contribution in [1.82, 2.24) is 14.2 Å². The first-order chi connectivity index (χ1) is 21.3. The summed E-state index contributed by atoms with van der Waals surface area (Å²) >= 11 is 3.23. The number of aromatic nitrogens is 1. The number of benzene rings is 2. The van der Waals surface area contributed by atoms with E-state index in [-0.39, 0.29) is 29.9 Å². The van der Waals surface area contributed by atoms with Gasteiger partial charge < -0.3 is 10.1 Å². The molecule has 2 aliphatic rings. The summed E-state index contributed by atoms with van der Waals surface area (Å²) in [5.74, 6) is -1.14. The molecule has 2 aromatic carbocycles. The Morgan fingerprint density at radius 2 is 1.86 bits per heavy atom. The number of nitrogens with zero attached hydrogens (tertiary/aromatic N) is 3.